The summed E-state index contributed by atoms with van der Waals surface area (Å²) in [5.41, 5.74) is 3.39. The van der Waals surface area contributed by atoms with Crippen LogP contribution in [0.25, 0.3) is 0 Å². The van der Waals surface area contributed by atoms with Crippen molar-refractivity contribution in [3.05, 3.63) is 70.2 Å². The molecular formula is C20H22ClNO. The van der Waals surface area contributed by atoms with E-state index in [1.54, 1.807) is 0 Å². The molecule has 1 saturated carbocycles. The molecule has 0 heterocycles. The van der Waals surface area contributed by atoms with Crippen molar-refractivity contribution in [3.63, 3.8) is 0 Å². The number of halogens is 1. The Bertz CT molecular complexity index is 676. The second-order valence-electron chi connectivity index (χ2n) is 6.73. The van der Waals surface area contributed by atoms with Crippen molar-refractivity contribution >= 4 is 17.5 Å². The Hall–Kier alpha value is -1.80. The molecule has 2 nitrogen and oxygen atoms in total. The molecule has 1 aliphatic carbocycles. The van der Waals surface area contributed by atoms with Crippen molar-refractivity contribution in [1.29, 1.82) is 0 Å². The average Bonchev–Trinajstić information content (AvgIpc) is 3.34. The molecule has 0 radical (unpaired) electrons. The number of amides is 1. The summed E-state index contributed by atoms with van der Waals surface area (Å²) in [5, 5.41) is 3.73. The van der Waals surface area contributed by atoms with Crippen LogP contribution in [0.3, 0.4) is 0 Å². The summed E-state index contributed by atoms with van der Waals surface area (Å²) in [6, 6.07) is 16.2. The minimum absolute atomic E-state index is 0.00954. The number of nitrogens with one attached hydrogen (secondary N) is 1. The van der Waals surface area contributed by atoms with E-state index in [9.17, 15) is 4.79 Å². The lowest BCUT2D eigenvalue weighted by Gasteiger charge is -2.08. The summed E-state index contributed by atoms with van der Waals surface area (Å²) in [4.78, 5) is 12.0. The highest BCUT2D eigenvalue weighted by molar-refractivity contribution is 6.30. The third-order valence-corrected chi connectivity index (χ3v) is 4.61. The number of hydrogen-bond acceptors (Lipinski definition) is 1. The molecule has 120 valence electrons. The fourth-order valence-electron chi connectivity index (χ4n) is 2.92. The third-order valence-electron chi connectivity index (χ3n) is 4.36. The summed E-state index contributed by atoms with van der Waals surface area (Å²) < 4.78 is 0. The highest BCUT2D eigenvalue weighted by Crippen LogP contribution is 2.54. The standard InChI is InChI=1S/C20H22ClNO/c1-13(2)12-22-20(23)16-5-3-14(4-6-16)18-11-19(18)15-7-9-17(21)10-8-15/h3-10,13,18-19H,11-12H2,1-2H3,(H,22,23). The maximum atomic E-state index is 12.0. The minimum atomic E-state index is 0.00954. The van der Waals surface area contributed by atoms with Crippen LogP contribution in [0.4, 0.5) is 0 Å². The zero-order valence-corrected chi connectivity index (χ0v) is 14.3. The van der Waals surface area contributed by atoms with E-state index in [4.69, 9.17) is 11.6 Å². The molecule has 23 heavy (non-hydrogen) atoms. The zero-order valence-electron chi connectivity index (χ0n) is 13.6. The van der Waals surface area contributed by atoms with Crippen molar-refractivity contribution in [2.24, 2.45) is 5.92 Å². The quantitative estimate of drug-likeness (QED) is 0.823. The topological polar surface area (TPSA) is 29.1 Å². The predicted molar refractivity (Wildman–Crippen MR) is 95.2 cm³/mol. The first-order valence-electron chi connectivity index (χ1n) is 8.18. The lowest BCUT2D eigenvalue weighted by molar-refractivity contribution is 0.0949. The van der Waals surface area contributed by atoms with Crippen LogP contribution in [-0.2, 0) is 0 Å². The first-order chi connectivity index (χ1) is 11.0. The van der Waals surface area contributed by atoms with Crippen molar-refractivity contribution in [2.45, 2.75) is 32.1 Å². The maximum absolute atomic E-state index is 12.0. The highest BCUT2D eigenvalue weighted by Gasteiger charge is 2.39. The largest absolute Gasteiger partial charge is 0.352 e. The zero-order chi connectivity index (χ0) is 16.4. The van der Waals surface area contributed by atoms with Crippen molar-refractivity contribution in [1.82, 2.24) is 5.32 Å². The Morgan fingerprint density at radius 2 is 1.57 bits per heavy atom. The van der Waals surface area contributed by atoms with E-state index in [2.05, 4.69) is 43.4 Å². The number of benzene rings is 2. The summed E-state index contributed by atoms with van der Waals surface area (Å²) in [5.74, 6) is 1.61. The van der Waals surface area contributed by atoms with Crippen molar-refractivity contribution in [3.8, 4) is 0 Å². The van der Waals surface area contributed by atoms with Gasteiger partial charge in [-0.15, -0.1) is 0 Å². The molecule has 0 saturated heterocycles. The smallest absolute Gasteiger partial charge is 0.251 e. The molecule has 2 aromatic rings. The number of carbonyl (C=O) groups excluding carboxylic acids is 1. The molecule has 1 amide bonds. The minimum Gasteiger partial charge on any atom is -0.352 e. The van der Waals surface area contributed by atoms with E-state index in [0.29, 0.717) is 24.3 Å². The van der Waals surface area contributed by atoms with E-state index < -0.39 is 0 Å². The molecule has 2 aromatic carbocycles. The molecule has 3 rings (SSSR count). The van der Waals surface area contributed by atoms with Gasteiger partial charge in [-0.3, -0.25) is 4.79 Å². The van der Waals surface area contributed by atoms with Crippen LogP contribution in [0.5, 0.6) is 0 Å². The van der Waals surface area contributed by atoms with Crippen LogP contribution in [0.1, 0.15) is 53.6 Å². The van der Waals surface area contributed by atoms with Crippen LogP contribution in [0.2, 0.25) is 5.02 Å². The Balaban J connectivity index is 1.62. The molecular weight excluding hydrogens is 306 g/mol. The van der Waals surface area contributed by atoms with Gasteiger partial charge < -0.3 is 5.32 Å². The van der Waals surface area contributed by atoms with Gasteiger partial charge in [-0.05, 0) is 59.6 Å². The maximum Gasteiger partial charge on any atom is 0.251 e. The van der Waals surface area contributed by atoms with Gasteiger partial charge >= 0.3 is 0 Å². The second-order valence-corrected chi connectivity index (χ2v) is 7.16. The first-order valence-corrected chi connectivity index (χ1v) is 8.56. The van der Waals surface area contributed by atoms with Gasteiger partial charge in [0, 0.05) is 17.1 Å². The highest BCUT2D eigenvalue weighted by atomic mass is 35.5. The molecule has 1 aliphatic rings. The van der Waals surface area contributed by atoms with E-state index in [1.807, 2.05) is 24.3 Å². The molecule has 0 aromatic heterocycles. The van der Waals surface area contributed by atoms with Crippen LogP contribution >= 0.6 is 11.6 Å². The number of rotatable bonds is 5. The first kappa shape index (κ1) is 16.1. The summed E-state index contributed by atoms with van der Waals surface area (Å²) in [6.07, 6.45) is 1.17. The Morgan fingerprint density at radius 1 is 1.04 bits per heavy atom. The number of carbonyl (C=O) groups is 1. The summed E-state index contributed by atoms with van der Waals surface area (Å²) in [6.45, 7) is 4.89. The summed E-state index contributed by atoms with van der Waals surface area (Å²) >= 11 is 5.94. The molecule has 1 fully saturated rings. The number of hydrogen-bond donors (Lipinski definition) is 1. The van der Waals surface area contributed by atoms with Crippen LogP contribution in [-0.4, -0.2) is 12.5 Å². The predicted octanol–water partition coefficient (Wildman–Crippen LogP) is 5.00. The van der Waals surface area contributed by atoms with Crippen molar-refractivity contribution in [2.75, 3.05) is 6.54 Å². The van der Waals surface area contributed by atoms with E-state index in [-0.39, 0.29) is 5.91 Å². The lowest BCUT2D eigenvalue weighted by Crippen LogP contribution is -2.27. The molecule has 0 spiro atoms. The van der Waals surface area contributed by atoms with Gasteiger partial charge in [0.15, 0.2) is 0 Å². The lowest BCUT2D eigenvalue weighted by atomic mass is 10.0. The van der Waals surface area contributed by atoms with Gasteiger partial charge in [-0.2, -0.15) is 0 Å². The van der Waals surface area contributed by atoms with Crippen LogP contribution in [0.15, 0.2) is 48.5 Å². The second kappa shape index (κ2) is 6.76. The molecule has 0 aliphatic heterocycles. The third kappa shape index (κ3) is 3.94. The van der Waals surface area contributed by atoms with Gasteiger partial charge in [0.05, 0.1) is 0 Å². The Morgan fingerprint density at radius 3 is 2.09 bits per heavy atom. The summed E-state index contributed by atoms with van der Waals surface area (Å²) in [7, 11) is 0. The fraction of sp³-hybridized carbons (Fsp3) is 0.350. The Kier molecular flexibility index (Phi) is 4.72. The molecule has 1 N–H and O–H groups in total. The van der Waals surface area contributed by atoms with Crippen LogP contribution < -0.4 is 5.32 Å². The van der Waals surface area contributed by atoms with E-state index in [0.717, 1.165) is 10.6 Å². The van der Waals surface area contributed by atoms with Gasteiger partial charge in [-0.25, -0.2) is 0 Å². The SMILES string of the molecule is CC(C)CNC(=O)c1ccc(C2CC2c2ccc(Cl)cc2)cc1. The van der Waals surface area contributed by atoms with E-state index in [1.165, 1.54) is 17.5 Å². The van der Waals surface area contributed by atoms with Gasteiger partial charge in [0.1, 0.15) is 0 Å². The molecule has 0 bridgehead atoms. The molecule has 2 unspecified atom stereocenters. The normalized spacial score (nSPS) is 19.7. The van der Waals surface area contributed by atoms with E-state index >= 15 is 0 Å². The van der Waals surface area contributed by atoms with Crippen LogP contribution in [0, 0.1) is 5.92 Å². The fourth-order valence-corrected chi connectivity index (χ4v) is 3.05. The molecule has 2 atom stereocenters. The molecule has 3 heteroatoms. The van der Waals surface area contributed by atoms with Gasteiger partial charge in [-0.1, -0.05) is 49.7 Å². The van der Waals surface area contributed by atoms with Gasteiger partial charge in [0.25, 0.3) is 5.91 Å². The average molecular weight is 328 g/mol. The van der Waals surface area contributed by atoms with Crippen molar-refractivity contribution < 1.29 is 4.79 Å². The Labute approximate surface area is 142 Å². The monoisotopic (exact) mass is 327 g/mol. The van der Waals surface area contributed by atoms with Gasteiger partial charge in [0.2, 0.25) is 0 Å².